The first kappa shape index (κ1) is 14.3. The first-order valence-electron chi connectivity index (χ1n) is 5.96. The van der Waals surface area contributed by atoms with E-state index in [-0.39, 0.29) is 0 Å². The Labute approximate surface area is 112 Å². The second-order valence-corrected chi connectivity index (χ2v) is 5.18. The predicted molar refractivity (Wildman–Crippen MR) is 76.8 cm³/mol. The molecule has 0 spiro atoms. The molecule has 0 bridgehead atoms. The molecule has 1 aliphatic rings. The van der Waals surface area contributed by atoms with Crippen LogP contribution in [0.1, 0.15) is 32.1 Å². The minimum Gasteiger partial charge on any atom is -0.397 e. The largest absolute Gasteiger partial charge is 0.397 e. The number of benzene rings is 1. The standard InChI is InChI=1S/C7H14O.C6H7BrN2/c1-8-7-5-3-2-4-6-7;7-4-1-2-5(8)6(9)3-4/h7H,2-6H2,1H3;1-3H,8-9H2. The van der Waals surface area contributed by atoms with Gasteiger partial charge in [-0.15, -0.1) is 0 Å². The van der Waals surface area contributed by atoms with E-state index in [4.69, 9.17) is 16.2 Å². The van der Waals surface area contributed by atoms with Crippen LogP contribution in [0.25, 0.3) is 0 Å². The van der Waals surface area contributed by atoms with E-state index in [1.807, 2.05) is 13.2 Å². The summed E-state index contributed by atoms with van der Waals surface area (Å²) in [5.74, 6) is 0. The highest BCUT2D eigenvalue weighted by molar-refractivity contribution is 9.10. The molecule has 2 rings (SSSR count). The fourth-order valence-corrected chi connectivity index (χ4v) is 2.23. The second kappa shape index (κ2) is 7.56. The Hall–Kier alpha value is -0.740. The van der Waals surface area contributed by atoms with Crippen LogP contribution in [0, 0.1) is 0 Å². The van der Waals surface area contributed by atoms with Crippen LogP contribution in [0.3, 0.4) is 0 Å². The molecule has 0 atom stereocenters. The minimum atomic E-state index is 0.587. The van der Waals surface area contributed by atoms with Gasteiger partial charge in [0.25, 0.3) is 0 Å². The topological polar surface area (TPSA) is 61.3 Å². The molecule has 0 aromatic heterocycles. The van der Waals surface area contributed by atoms with Gasteiger partial charge in [0.05, 0.1) is 17.5 Å². The van der Waals surface area contributed by atoms with Crippen molar-refractivity contribution in [1.82, 2.24) is 0 Å². The molecule has 1 aliphatic carbocycles. The zero-order valence-corrected chi connectivity index (χ0v) is 11.9. The molecule has 1 fully saturated rings. The van der Waals surface area contributed by atoms with Crippen molar-refractivity contribution in [3.63, 3.8) is 0 Å². The molecule has 0 saturated heterocycles. The van der Waals surface area contributed by atoms with E-state index in [2.05, 4.69) is 15.9 Å². The van der Waals surface area contributed by atoms with Crippen molar-refractivity contribution >= 4 is 27.3 Å². The number of anilines is 2. The molecular weight excluding hydrogens is 280 g/mol. The summed E-state index contributed by atoms with van der Waals surface area (Å²) in [5.41, 5.74) is 12.1. The van der Waals surface area contributed by atoms with Crippen molar-refractivity contribution in [1.29, 1.82) is 0 Å². The van der Waals surface area contributed by atoms with Gasteiger partial charge in [-0.05, 0) is 31.0 Å². The summed E-state index contributed by atoms with van der Waals surface area (Å²) in [6.45, 7) is 0. The van der Waals surface area contributed by atoms with E-state index in [1.165, 1.54) is 32.1 Å². The number of hydrogen-bond donors (Lipinski definition) is 2. The van der Waals surface area contributed by atoms with Crippen LogP contribution < -0.4 is 11.5 Å². The first-order valence-corrected chi connectivity index (χ1v) is 6.76. The Morgan fingerprint density at radius 1 is 1.12 bits per heavy atom. The van der Waals surface area contributed by atoms with Crippen LogP contribution in [0.15, 0.2) is 22.7 Å². The fourth-order valence-electron chi connectivity index (χ4n) is 1.85. The van der Waals surface area contributed by atoms with E-state index in [9.17, 15) is 0 Å². The van der Waals surface area contributed by atoms with Crippen LogP contribution in [0.5, 0.6) is 0 Å². The van der Waals surface area contributed by atoms with E-state index in [0.29, 0.717) is 17.5 Å². The zero-order chi connectivity index (χ0) is 12.7. The maximum Gasteiger partial charge on any atom is 0.0571 e. The molecule has 3 nitrogen and oxygen atoms in total. The van der Waals surface area contributed by atoms with Crippen LogP contribution in [-0.4, -0.2) is 13.2 Å². The van der Waals surface area contributed by atoms with E-state index >= 15 is 0 Å². The molecule has 1 aromatic carbocycles. The summed E-state index contributed by atoms with van der Waals surface area (Å²) >= 11 is 3.26. The molecule has 0 unspecified atom stereocenters. The average molecular weight is 301 g/mol. The molecule has 0 amide bonds. The highest BCUT2D eigenvalue weighted by Crippen LogP contribution is 2.19. The Bertz CT molecular complexity index is 338. The lowest BCUT2D eigenvalue weighted by Gasteiger charge is -2.19. The highest BCUT2D eigenvalue weighted by Gasteiger charge is 2.10. The Morgan fingerprint density at radius 2 is 1.76 bits per heavy atom. The van der Waals surface area contributed by atoms with Gasteiger partial charge in [0.1, 0.15) is 0 Å². The maximum absolute atomic E-state index is 5.47. The lowest BCUT2D eigenvalue weighted by Crippen LogP contribution is -2.13. The fraction of sp³-hybridized carbons (Fsp3) is 0.538. The summed E-state index contributed by atoms with van der Waals surface area (Å²) in [4.78, 5) is 0. The number of rotatable bonds is 1. The van der Waals surface area contributed by atoms with Crippen molar-refractivity contribution in [3.8, 4) is 0 Å². The second-order valence-electron chi connectivity index (χ2n) is 4.27. The molecule has 0 aliphatic heterocycles. The maximum atomic E-state index is 5.47. The lowest BCUT2D eigenvalue weighted by molar-refractivity contribution is 0.0710. The summed E-state index contributed by atoms with van der Waals surface area (Å²) in [6.07, 6.45) is 7.33. The van der Waals surface area contributed by atoms with Gasteiger partial charge in [0.2, 0.25) is 0 Å². The van der Waals surface area contributed by atoms with Crippen LogP contribution in [0.2, 0.25) is 0 Å². The summed E-state index contributed by atoms with van der Waals surface area (Å²) in [5, 5.41) is 0. The predicted octanol–water partition coefficient (Wildman–Crippen LogP) is 3.58. The van der Waals surface area contributed by atoms with Gasteiger partial charge in [-0.3, -0.25) is 0 Å². The number of halogens is 1. The van der Waals surface area contributed by atoms with Gasteiger partial charge in [-0.1, -0.05) is 35.2 Å². The number of nitrogens with two attached hydrogens (primary N) is 2. The van der Waals surface area contributed by atoms with Crippen LogP contribution in [-0.2, 0) is 4.74 Å². The number of ether oxygens (including phenoxy) is 1. The molecule has 0 radical (unpaired) electrons. The van der Waals surface area contributed by atoms with Crippen molar-refractivity contribution in [2.45, 2.75) is 38.2 Å². The van der Waals surface area contributed by atoms with Crippen molar-refractivity contribution in [3.05, 3.63) is 22.7 Å². The number of nitrogen functional groups attached to an aromatic ring is 2. The number of hydrogen-bond acceptors (Lipinski definition) is 3. The van der Waals surface area contributed by atoms with E-state index < -0.39 is 0 Å². The molecular formula is C13H21BrN2O. The van der Waals surface area contributed by atoms with E-state index in [1.54, 1.807) is 12.1 Å². The molecule has 17 heavy (non-hydrogen) atoms. The van der Waals surface area contributed by atoms with Crippen LogP contribution in [0.4, 0.5) is 11.4 Å². The molecule has 1 aromatic rings. The third-order valence-corrected chi connectivity index (χ3v) is 3.43. The van der Waals surface area contributed by atoms with Crippen molar-refractivity contribution in [2.75, 3.05) is 18.6 Å². The van der Waals surface area contributed by atoms with Gasteiger partial charge in [0.15, 0.2) is 0 Å². The molecule has 96 valence electrons. The third-order valence-electron chi connectivity index (χ3n) is 2.93. The quantitative estimate of drug-likeness (QED) is 0.779. The Balaban J connectivity index is 0.000000171. The Morgan fingerprint density at radius 3 is 2.18 bits per heavy atom. The van der Waals surface area contributed by atoms with Gasteiger partial charge in [-0.25, -0.2) is 0 Å². The van der Waals surface area contributed by atoms with Gasteiger partial charge >= 0.3 is 0 Å². The van der Waals surface area contributed by atoms with Crippen LogP contribution >= 0.6 is 15.9 Å². The smallest absolute Gasteiger partial charge is 0.0571 e. The summed E-state index contributed by atoms with van der Waals surface area (Å²) < 4.78 is 6.14. The van der Waals surface area contributed by atoms with Gasteiger partial charge in [-0.2, -0.15) is 0 Å². The first-order chi connectivity index (χ1) is 8.13. The van der Waals surface area contributed by atoms with Gasteiger partial charge in [0, 0.05) is 11.6 Å². The van der Waals surface area contributed by atoms with Gasteiger partial charge < -0.3 is 16.2 Å². The number of methoxy groups -OCH3 is 1. The highest BCUT2D eigenvalue weighted by atomic mass is 79.9. The molecule has 1 saturated carbocycles. The normalized spacial score (nSPS) is 16.1. The zero-order valence-electron chi connectivity index (χ0n) is 10.3. The Kier molecular flexibility index (Phi) is 6.37. The van der Waals surface area contributed by atoms with Crippen molar-refractivity contribution < 1.29 is 4.74 Å². The van der Waals surface area contributed by atoms with Crippen molar-refractivity contribution in [2.24, 2.45) is 0 Å². The average Bonchev–Trinajstić information content (AvgIpc) is 2.36. The summed E-state index contributed by atoms with van der Waals surface area (Å²) in [6, 6.07) is 5.39. The lowest BCUT2D eigenvalue weighted by atomic mass is 9.98. The molecule has 4 N–H and O–H groups in total. The van der Waals surface area contributed by atoms with E-state index in [0.717, 1.165) is 4.47 Å². The monoisotopic (exact) mass is 300 g/mol. The minimum absolute atomic E-state index is 0.587. The molecule has 0 heterocycles. The SMILES string of the molecule is COC1CCCCC1.Nc1ccc(Br)cc1N. The third kappa shape index (κ3) is 5.41. The summed E-state index contributed by atoms with van der Waals surface area (Å²) in [7, 11) is 1.82. The molecule has 4 heteroatoms.